The Morgan fingerprint density at radius 2 is 1.58 bits per heavy atom. The fourth-order valence-electron chi connectivity index (χ4n) is 2.86. The first-order valence-corrected chi connectivity index (χ1v) is 9.07. The summed E-state index contributed by atoms with van der Waals surface area (Å²) in [5.41, 5.74) is 2.50. The van der Waals surface area contributed by atoms with E-state index in [1.165, 1.54) is 0 Å². The van der Waals surface area contributed by atoms with Crippen LogP contribution in [-0.2, 0) is 11.3 Å². The van der Waals surface area contributed by atoms with Crippen molar-refractivity contribution in [3.63, 3.8) is 0 Å². The molecular weight excluding hydrogens is 326 g/mol. The van der Waals surface area contributed by atoms with E-state index in [0.29, 0.717) is 12.1 Å². The lowest BCUT2D eigenvalue weighted by atomic mass is 10.1. The molecule has 0 aliphatic rings. The summed E-state index contributed by atoms with van der Waals surface area (Å²) < 4.78 is 0. The number of carbonyl (C=O) groups excluding carboxylic acids is 2. The molecule has 0 saturated carbocycles. The molecule has 0 radical (unpaired) electrons. The van der Waals surface area contributed by atoms with Gasteiger partial charge in [-0.2, -0.15) is 0 Å². The maximum atomic E-state index is 12.3. The smallest absolute Gasteiger partial charge is 0.277 e. The van der Waals surface area contributed by atoms with Crippen molar-refractivity contribution in [3.05, 3.63) is 65.7 Å². The summed E-state index contributed by atoms with van der Waals surface area (Å²) in [6.45, 7) is 6.69. The summed E-state index contributed by atoms with van der Waals surface area (Å²) in [5.74, 6) is 0.0477. The van der Waals surface area contributed by atoms with Gasteiger partial charge in [0.1, 0.15) is 6.54 Å². The van der Waals surface area contributed by atoms with Crippen LogP contribution in [0.5, 0.6) is 0 Å². The van der Waals surface area contributed by atoms with E-state index in [1.54, 1.807) is 0 Å². The molecule has 0 saturated heterocycles. The number of amides is 2. The molecule has 0 bridgehead atoms. The van der Waals surface area contributed by atoms with E-state index in [1.807, 2.05) is 80.4 Å². The van der Waals surface area contributed by atoms with Crippen LogP contribution in [0.4, 0.5) is 5.69 Å². The van der Waals surface area contributed by atoms with E-state index >= 15 is 0 Å². The second-order valence-corrected chi connectivity index (χ2v) is 6.39. The average molecular weight is 354 g/mol. The summed E-state index contributed by atoms with van der Waals surface area (Å²) in [6.07, 6.45) is 0. The van der Waals surface area contributed by atoms with Crippen LogP contribution >= 0.6 is 0 Å². The summed E-state index contributed by atoms with van der Waals surface area (Å²) in [4.78, 5) is 27.4. The molecule has 0 spiro atoms. The van der Waals surface area contributed by atoms with Crippen LogP contribution in [-0.4, -0.2) is 43.4 Å². The number of benzene rings is 2. The molecular formula is C21H28N3O2+. The second kappa shape index (κ2) is 9.73. The van der Waals surface area contributed by atoms with Crippen LogP contribution in [0.15, 0.2) is 54.6 Å². The Labute approximate surface area is 155 Å². The molecule has 0 fully saturated rings. The van der Waals surface area contributed by atoms with Crippen molar-refractivity contribution in [2.24, 2.45) is 0 Å². The van der Waals surface area contributed by atoms with Crippen LogP contribution in [0.1, 0.15) is 29.8 Å². The highest BCUT2D eigenvalue weighted by Gasteiger charge is 2.15. The third kappa shape index (κ3) is 5.70. The first kappa shape index (κ1) is 19.7. The van der Waals surface area contributed by atoms with Crippen LogP contribution in [0, 0.1) is 0 Å². The van der Waals surface area contributed by atoms with Gasteiger partial charge in [0, 0.05) is 29.9 Å². The molecule has 0 aliphatic heterocycles. The van der Waals surface area contributed by atoms with E-state index < -0.39 is 0 Å². The molecule has 2 rings (SSSR count). The van der Waals surface area contributed by atoms with Gasteiger partial charge >= 0.3 is 0 Å². The van der Waals surface area contributed by atoms with Gasteiger partial charge in [0.25, 0.3) is 11.8 Å². The minimum Gasteiger partial charge on any atom is -0.338 e. The minimum atomic E-state index is -0.125. The molecule has 138 valence electrons. The first-order chi connectivity index (χ1) is 12.5. The van der Waals surface area contributed by atoms with Gasteiger partial charge in [0.15, 0.2) is 6.54 Å². The third-order valence-electron chi connectivity index (χ3n) is 4.32. The standard InChI is InChI=1S/C21H27N3O2/c1-4-24(5-2)20(25)16-23(3)15-17-11-13-18(14-12-17)21(26)22-19-9-7-6-8-10-19/h6-14H,4-5,15-16H2,1-3H3,(H,22,26)/p+1. The highest BCUT2D eigenvalue weighted by atomic mass is 16.2. The monoisotopic (exact) mass is 354 g/mol. The molecule has 5 heteroatoms. The SMILES string of the molecule is CCN(CC)C(=O)C[NH+](C)Cc1ccc(C(=O)Nc2ccccc2)cc1. The molecule has 0 aromatic heterocycles. The van der Waals surface area contributed by atoms with Crippen molar-refractivity contribution in [2.75, 3.05) is 32.0 Å². The van der Waals surface area contributed by atoms with Crippen molar-refractivity contribution in [3.8, 4) is 0 Å². The van der Waals surface area contributed by atoms with Gasteiger partial charge in [0.2, 0.25) is 0 Å². The van der Waals surface area contributed by atoms with Gasteiger partial charge in [-0.15, -0.1) is 0 Å². The molecule has 2 amide bonds. The molecule has 2 aromatic rings. The first-order valence-electron chi connectivity index (χ1n) is 9.07. The van der Waals surface area contributed by atoms with Crippen molar-refractivity contribution in [2.45, 2.75) is 20.4 Å². The van der Waals surface area contributed by atoms with Gasteiger partial charge in [0.05, 0.1) is 7.05 Å². The Bertz CT molecular complexity index is 710. The van der Waals surface area contributed by atoms with E-state index in [4.69, 9.17) is 0 Å². The molecule has 0 heterocycles. The minimum absolute atomic E-state index is 0.125. The second-order valence-electron chi connectivity index (χ2n) is 6.39. The molecule has 26 heavy (non-hydrogen) atoms. The van der Waals surface area contributed by atoms with Crippen LogP contribution in [0.3, 0.4) is 0 Å². The highest BCUT2D eigenvalue weighted by Crippen LogP contribution is 2.09. The average Bonchev–Trinajstić information content (AvgIpc) is 2.64. The van der Waals surface area contributed by atoms with Gasteiger partial charge < -0.3 is 15.1 Å². The Balaban J connectivity index is 1.90. The fraction of sp³-hybridized carbons (Fsp3) is 0.333. The zero-order valence-electron chi connectivity index (χ0n) is 15.8. The predicted molar refractivity (Wildman–Crippen MR) is 104 cm³/mol. The van der Waals surface area contributed by atoms with Crippen molar-refractivity contribution in [1.29, 1.82) is 0 Å². The third-order valence-corrected chi connectivity index (χ3v) is 4.32. The number of hydrogen-bond donors (Lipinski definition) is 2. The number of nitrogens with zero attached hydrogens (tertiary/aromatic N) is 1. The summed E-state index contributed by atoms with van der Waals surface area (Å²) in [7, 11) is 2.01. The number of quaternary nitrogens is 1. The zero-order valence-corrected chi connectivity index (χ0v) is 15.8. The topological polar surface area (TPSA) is 53.9 Å². The van der Waals surface area contributed by atoms with Gasteiger partial charge in [-0.25, -0.2) is 0 Å². The number of nitrogens with one attached hydrogen (secondary N) is 2. The Kier molecular flexibility index (Phi) is 7.36. The largest absolute Gasteiger partial charge is 0.338 e. The van der Waals surface area contributed by atoms with E-state index in [-0.39, 0.29) is 11.8 Å². The normalized spacial score (nSPS) is 11.7. The Hall–Kier alpha value is -2.66. The molecule has 5 nitrogen and oxygen atoms in total. The number of anilines is 1. The molecule has 0 aliphatic carbocycles. The van der Waals surface area contributed by atoms with Gasteiger partial charge in [-0.05, 0) is 38.1 Å². The molecule has 1 unspecified atom stereocenters. The summed E-state index contributed by atoms with van der Waals surface area (Å²) in [6, 6.07) is 17.0. The number of para-hydroxylation sites is 1. The summed E-state index contributed by atoms with van der Waals surface area (Å²) in [5, 5.41) is 2.88. The molecule has 2 N–H and O–H groups in total. The van der Waals surface area contributed by atoms with E-state index in [9.17, 15) is 9.59 Å². The van der Waals surface area contributed by atoms with E-state index in [2.05, 4.69) is 5.32 Å². The Morgan fingerprint density at radius 1 is 0.962 bits per heavy atom. The zero-order chi connectivity index (χ0) is 18.9. The van der Waals surface area contributed by atoms with Crippen LogP contribution < -0.4 is 10.2 Å². The van der Waals surface area contributed by atoms with Crippen LogP contribution in [0.25, 0.3) is 0 Å². The van der Waals surface area contributed by atoms with Crippen molar-refractivity contribution >= 4 is 17.5 Å². The fourth-order valence-corrected chi connectivity index (χ4v) is 2.86. The Morgan fingerprint density at radius 3 is 2.15 bits per heavy atom. The van der Waals surface area contributed by atoms with Crippen molar-refractivity contribution in [1.82, 2.24) is 4.90 Å². The van der Waals surface area contributed by atoms with Gasteiger partial charge in [-0.3, -0.25) is 9.59 Å². The number of hydrogen-bond acceptors (Lipinski definition) is 2. The maximum Gasteiger partial charge on any atom is 0.277 e. The van der Waals surface area contributed by atoms with Gasteiger partial charge in [-0.1, -0.05) is 30.3 Å². The molecule has 2 aromatic carbocycles. The van der Waals surface area contributed by atoms with E-state index in [0.717, 1.165) is 35.8 Å². The maximum absolute atomic E-state index is 12.3. The molecule has 1 atom stereocenters. The number of carbonyl (C=O) groups is 2. The van der Waals surface area contributed by atoms with Crippen LogP contribution in [0.2, 0.25) is 0 Å². The lowest BCUT2D eigenvalue weighted by molar-refractivity contribution is -0.885. The lowest BCUT2D eigenvalue weighted by Crippen LogP contribution is -3.08. The summed E-state index contributed by atoms with van der Waals surface area (Å²) >= 11 is 0. The van der Waals surface area contributed by atoms with Crippen molar-refractivity contribution < 1.29 is 14.5 Å². The highest BCUT2D eigenvalue weighted by molar-refractivity contribution is 6.04. The predicted octanol–water partition coefficient (Wildman–Crippen LogP) is 1.82. The lowest BCUT2D eigenvalue weighted by Gasteiger charge is -2.21. The quantitative estimate of drug-likeness (QED) is 0.760. The number of likely N-dealkylation sites (N-methyl/N-ethyl adjacent to an activating group) is 2. The number of rotatable bonds is 8.